The summed E-state index contributed by atoms with van der Waals surface area (Å²) in [4.78, 5) is 24.5. The number of rotatable bonds is 2. The summed E-state index contributed by atoms with van der Waals surface area (Å²) >= 11 is 0. The summed E-state index contributed by atoms with van der Waals surface area (Å²) in [6.07, 6.45) is 0. The van der Waals surface area contributed by atoms with Gasteiger partial charge in [0, 0.05) is 0 Å². The van der Waals surface area contributed by atoms with Crippen LogP contribution in [0.1, 0.15) is 13.8 Å². The summed E-state index contributed by atoms with van der Waals surface area (Å²) in [5.74, 6) is 1.18. The Morgan fingerprint density at radius 1 is 0.938 bits per heavy atom. The minimum absolute atomic E-state index is 0.361. The third-order valence-electron chi connectivity index (χ3n) is 15.6. The van der Waals surface area contributed by atoms with Crippen LogP contribution in [0.5, 0.6) is 0 Å². The summed E-state index contributed by atoms with van der Waals surface area (Å²) < 4.78 is 0.535. The minimum atomic E-state index is -3.03. The van der Waals surface area contributed by atoms with Crippen molar-refractivity contribution in [2.45, 2.75) is 61.5 Å². The van der Waals surface area contributed by atoms with Gasteiger partial charge in [-0.3, -0.25) is 0 Å². The second kappa shape index (κ2) is 0.431. The van der Waals surface area contributed by atoms with Crippen LogP contribution in [-0.4, -0.2) is 5.78 Å². The molecule has 10 heterocycles. The van der Waals surface area contributed by atoms with Gasteiger partial charge in [0.15, 0.2) is 0 Å². The van der Waals surface area contributed by atoms with Crippen molar-refractivity contribution in [3.05, 3.63) is 0 Å². The zero-order valence-corrected chi connectivity index (χ0v) is 10.6. The van der Waals surface area contributed by atoms with Gasteiger partial charge in [-0.05, 0) is 0 Å². The van der Waals surface area contributed by atoms with Crippen molar-refractivity contribution in [3.8, 4) is 0 Å². The standard InChI is InChI=1S/C9H11O.C5H5.Fe/c1-7(2)9(10)8-5-3-4-6-8;1-2-4-5-3-1;/h3-7H,1-2H3;1-5H;. The molecule has 86 valence electrons. The van der Waals surface area contributed by atoms with Crippen molar-refractivity contribution >= 4 is 5.78 Å². The third-order valence-corrected chi connectivity index (χ3v) is 57.9. The molecule has 10 aliphatic rings. The maximum atomic E-state index is 12.9. The predicted octanol–water partition coefficient (Wildman–Crippen LogP) is 3.97. The third kappa shape index (κ3) is 0.0496. The van der Waals surface area contributed by atoms with Crippen LogP contribution in [0.4, 0.5) is 0 Å². The number of Topliss-reactive ketones (excluding diaryl/α,β-unsaturated/α-hetero) is 1. The second-order valence-corrected chi connectivity index (χ2v) is 34.8. The van der Waals surface area contributed by atoms with Crippen molar-refractivity contribution in [1.29, 1.82) is 0 Å². The molecule has 4 atom stereocenters. The topological polar surface area (TPSA) is 17.1 Å². The molecule has 0 bridgehead atoms. The van der Waals surface area contributed by atoms with Crippen molar-refractivity contribution < 1.29 is 11.3 Å². The Kier molecular flexibility index (Phi) is 0.159. The Morgan fingerprint density at radius 3 is 1.56 bits per heavy atom. The molecule has 16 heavy (non-hydrogen) atoms. The Bertz CT molecular complexity index is 890. The Labute approximate surface area is 84.6 Å². The van der Waals surface area contributed by atoms with Gasteiger partial charge in [-0.2, -0.15) is 0 Å². The monoisotopic (exact) mass is 256 g/mol. The van der Waals surface area contributed by atoms with Gasteiger partial charge in [0.1, 0.15) is 0 Å². The number of hydrogen-bond acceptors (Lipinski definition) is 1. The van der Waals surface area contributed by atoms with E-state index in [0.29, 0.717) is 10.2 Å². The van der Waals surface area contributed by atoms with Crippen molar-refractivity contribution in [3.63, 3.8) is 0 Å². The molecule has 0 aromatic heterocycles. The van der Waals surface area contributed by atoms with E-state index in [1.54, 1.807) is 0 Å². The van der Waals surface area contributed by atoms with Crippen molar-refractivity contribution in [2.75, 3.05) is 0 Å². The van der Waals surface area contributed by atoms with E-state index in [2.05, 4.69) is 13.8 Å². The summed E-state index contributed by atoms with van der Waals surface area (Å²) in [5, 5.41) is 0. The number of hydrogen-bond donors (Lipinski definition) is 0. The molecule has 4 unspecified atom stereocenters. The molecule has 0 aromatic rings. The quantitative estimate of drug-likeness (QED) is 0.683. The Hall–Kier alpha value is 0.189. The summed E-state index contributed by atoms with van der Waals surface area (Å²) in [6.45, 7) is 1.34. The number of ketones is 1. The second-order valence-electron chi connectivity index (χ2n) is 11.2. The average molecular weight is 256 g/mol. The van der Waals surface area contributed by atoms with Gasteiger partial charge in [0.2, 0.25) is 0 Å². The molecular formula is C14H16FeO. The van der Waals surface area contributed by atoms with Gasteiger partial charge < -0.3 is 0 Å². The van der Waals surface area contributed by atoms with E-state index in [1.807, 2.05) is 0 Å². The van der Waals surface area contributed by atoms with Crippen LogP contribution in [0.25, 0.3) is 0 Å². The van der Waals surface area contributed by atoms with Gasteiger partial charge in [0.25, 0.3) is 0 Å². The summed E-state index contributed by atoms with van der Waals surface area (Å²) in [5.41, 5.74) is 0. The zero-order chi connectivity index (χ0) is 10.2. The molecule has 10 rings (SSSR count). The normalized spacial score (nSPS) is 126. The van der Waals surface area contributed by atoms with E-state index >= 15 is 0 Å². The molecule has 10 saturated heterocycles. The van der Waals surface area contributed by atoms with Crippen LogP contribution in [0.15, 0.2) is 0 Å². The van der Waals surface area contributed by atoms with Crippen LogP contribution >= 0.6 is 0 Å². The molecule has 10 aliphatic heterocycles. The first-order valence-electron chi connectivity index (χ1n) is 7.16. The molecule has 0 aliphatic carbocycles. The fraction of sp³-hybridized carbons (Fsp3) is 0.929. The Morgan fingerprint density at radius 2 is 1.38 bits per heavy atom. The Balaban J connectivity index is 1.69. The summed E-state index contributed by atoms with van der Waals surface area (Å²) in [7, 11) is 0. The van der Waals surface area contributed by atoms with E-state index in [9.17, 15) is 4.79 Å². The average Bonchev–Trinajstić information content (AvgIpc) is 3.20. The van der Waals surface area contributed by atoms with E-state index in [1.165, 1.54) is 43.3 Å². The van der Waals surface area contributed by atoms with Crippen LogP contribution in [-0.2, 0) is 11.3 Å². The molecule has 1 spiro atoms. The van der Waals surface area contributed by atoms with Crippen LogP contribution < -0.4 is 0 Å². The van der Waals surface area contributed by atoms with Gasteiger partial charge in [-0.1, -0.05) is 0 Å². The fourth-order valence-corrected chi connectivity index (χ4v) is 91.4. The number of carbonyl (C=O) groups is 1. The molecule has 0 N–H and O–H groups in total. The first-order valence-corrected chi connectivity index (χ1v) is 13.4. The number of fused-ring (bicyclic) bond motifs is 10. The molecule has 0 radical (unpaired) electrons. The van der Waals surface area contributed by atoms with Gasteiger partial charge in [0.05, 0.1) is 0 Å². The predicted molar refractivity (Wildman–Crippen MR) is 56.3 cm³/mol. The molecule has 0 aromatic carbocycles. The van der Waals surface area contributed by atoms with E-state index < -0.39 is 6.51 Å². The van der Waals surface area contributed by atoms with Gasteiger partial charge >= 0.3 is 84.5 Å². The SMILES string of the molecule is CC(C)C(=O)[C]12[CH]3[CH]4[CH]5[CH]1[Fe]45321678[CH]2[CH]1[CH]6[CH]7[CH]28. The first-order chi connectivity index (χ1) is 7.40. The zero-order valence-electron chi connectivity index (χ0n) is 9.54. The molecule has 0 saturated carbocycles. The van der Waals surface area contributed by atoms with Crippen molar-refractivity contribution in [2.24, 2.45) is 5.92 Å². The fourth-order valence-electron chi connectivity index (χ4n) is 17.3. The molecule has 10 fully saturated rings. The van der Waals surface area contributed by atoms with Gasteiger partial charge in [-0.25, -0.2) is 0 Å². The maximum absolute atomic E-state index is 12.9. The molecular weight excluding hydrogens is 240 g/mol. The summed E-state index contributed by atoms with van der Waals surface area (Å²) in [6, 6.07) is 0. The number of carbonyl (C=O) groups excluding carboxylic acids is 1. The van der Waals surface area contributed by atoms with Crippen LogP contribution in [0.3, 0.4) is 0 Å². The van der Waals surface area contributed by atoms with Crippen molar-refractivity contribution in [1.82, 2.24) is 0 Å². The van der Waals surface area contributed by atoms with E-state index in [0.717, 1.165) is 5.78 Å². The molecule has 0 amide bonds. The van der Waals surface area contributed by atoms with Crippen LogP contribution in [0.2, 0.25) is 47.7 Å². The van der Waals surface area contributed by atoms with Crippen LogP contribution in [0, 0.1) is 5.92 Å². The molecule has 1 nitrogen and oxygen atoms in total. The first kappa shape index (κ1) is 5.89. The van der Waals surface area contributed by atoms with E-state index in [-0.39, 0.29) is 0 Å². The van der Waals surface area contributed by atoms with E-state index in [4.69, 9.17) is 0 Å². The van der Waals surface area contributed by atoms with Gasteiger partial charge in [-0.15, -0.1) is 0 Å². The molecule has 2 heteroatoms.